The van der Waals surface area contributed by atoms with Gasteiger partial charge in [-0.1, -0.05) is 38.1 Å². The van der Waals surface area contributed by atoms with E-state index < -0.39 is 0 Å². The molecule has 0 bridgehead atoms. The molecule has 0 saturated heterocycles. The molecule has 1 N–H and O–H groups in total. The van der Waals surface area contributed by atoms with Crippen molar-refractivity contribution in [3.63, 3.8) is 0 Å². The van der Waals surface area contributed by atoms with Gasteiger partial charge in [0.2, 0.25) is 0 Å². The molecule has 2 aromatic rings. The Morgan fingerprint density at radius 1 is 1.00 bits per heavy atom. The molecule has 108 valence electrons. The van der Waals surface area contributed by atoms with Gasteiger partial charge in [0.15, 0.2) is 0 Å². The first kappa shape index (κ1) is 15.3. The van der Waals surface area contributed by atoms with Crippen molar-refractivity contribution in [2.75, 3.05) is 0 Å². The van der Waals surface area contributed by atoms with Crippen LogP contribution in [0.1, 0.15) is 59.2 Å². The van der Waals surface area contributed by atoms with E-state index in [0.29, 0.717) is 12.0 Å². The van der Waals surface area contributed by atoms with Crippen molar-refractivity contribution < 1.29 is 0 Å². The average Bonchev–Trinajstić information content (AvgIpc) is 2.75. The van der Waals surface area contributed by atoms with E-state index in [0.717, 1.165) is 6.54 Å². The van der Waals surface area contributed by atoms with Crippen LogP contribution in [0.2, 0.25) is 0 Å². The van der Waals surface area contributed by atoms with Crippen molar-refractivity contribution in [1.82, 2.24) is 5.32 Å². The minimum absolute atomic E-state index is 0.388. The first-order valence-electron chi connectivity index (χ1n) is 7.36. The molecule has 1 aromatic heterocycles. The van der Waals surface area contributed by atoms with Gasteiger partial charge >= 0.3 is 0 Å². The highest BCUT2D eigenvalue weighted by Gasteiger charge is 2.07. The van der Waals surface area contributed by atoms with Gasteiger partial charge < -0.3 is 5.32 Å². The molecular weight excluding hydrogens is 262 g/mol. The molecule has 1 heterocycles. The SMILES string of the molecule is Cc1cc(CNC(C)c2ccc(C(C)C)cc2)sc1C. The highest BCUT2D eigenvalue weighted by Crippen LogP contribution is 2.22. The van der Waals surface area contributed by atoms with Crippen LogP contribution in [0.15, 0.2) is 30.3 Å². The molecule has 1 unspecified atom stereocenters. The Morgan fingerprint density at radius 2 is 1.60 bits per heavy atom. The first-order valence-corrected chi connectivity index (χ1v) is 8.18. The van der Waals surface area contributed by atoms with Gasteiger partial charge in [-0.25, -0.2) is 0 Å². The summed E-state index contributed by atoms with van der Waals surface area (Å²) in [5.74, 6) is 0.601. The summed E-state index contributed by atoms with van der Waals surface area (Å²) in [6.45, 7) is 12.0. The van der Waals surface area contributed by atoms with Crippen LogP contribution in [0.4, 0.5) is 0 Å². The molecule has 20 heavy (non-hydrogen) atoms. The van der Waals surface area contributed by atoms with Crippen molar-refractivity contribution in [3.8, 4) is 0 Å². The molecule has 2 rings (SSSR count). The topological polar surface area (TPSA) is 12.0 Å². The normalized spacial score (nSPS) is 12.9. The molecule has 1 nitrogen and oxygen atoms in total. The zero-order chi connectivity index (χ0) is 14.7. The molecular formula is C18H25NS. The van der Waals surface area contributed by atoms with Crippen molar-refractivity contribution in [1.29, 1.82) is 0 Å². The van der Waals surface area contributed by atoms with Gasteiger partial charge in [-0.05, 0) is 49.4 Å². The summed E-state index contributed by atoms with van der Waals surface area (Å²) in [6.07, 6.45) is 0. The Balaban J connectivity index is 1.95. The van der Waals surface area contributed by atoms with Crippen molar-refractivity contribution >= 4 is 11.3 Å². The molecule has 0 radical (unpaired) electrons. The van der Waals surface area contributed by atoms with Gasteiger partial charge in [0.25, 0.3) is 0 Å². The van der Waals surface area contributed by atoms with Crippen LogP contribution < -0.4 is 5.32 Å². The number of benzene rings is 1. The fraction of sp³-hybridized carbons (Fsp3) is 0.444. The van der Waals surface area contributed by atoms with Crippen LogP contribution >= 0.6 is 11.3 Å². The Morgan fingerprint density at radius 3 is 2.10 bits per heavy atom. The van der Waals surface area contributed by atoms with E-state index in [1.807, 2.05) is 11.3 Å². The molecule has 0 aliphatic carbocycles. The quantitative estimate of drug-likeness (QED) is 0.782. The van der Waals surface area contributed by atoms with E-state index in [1.165, 1.54) is 26.4 Å². The van der Waals surface area contributed by atoms with Crippen LogP contribution in [-0.4, -0.2) is 0 Å². The molecule has 0 spiro atoms. The third kappa shape index (κ3) is 3.71. The summed E-state index contributed by atoms with van der Waals surface area (Å²) in [6, 6.07) is 11.7. The largest absolute Gasteiger partial charge is 0.305 e. The van der Waals surface area contributed by atoms with E-state index in [4.69, 9.17) is 0 Å². The van der Waals surface area contributed by atoms with E-state index >= 15 is 0 Å². The smallest absolute Gasteiger partial charge is 0.0305 e. The number of aryl methyl sites for hydroxylation is 2. The maximum atomic E-state index is 3.61. The van der Waals surface area contributed by atoms with Crippen LogP contribution in [0, 0.1) is 13.8 Å². The lowest BCUT2D eigenvalue weighted by atomic mass is 9.99. The maximum Gasteiger partial charge on any atom is 0.0305 e. The van der Waals surface area contributed by atoms with Gasteiger partial charge in [0, 0.05) is 22.3 Å². The van der Waals surface area contributed by atoms with E-state index in [2.05, 4.69) is 70.3 Å². The Labute approximate surface area is 127 Å². The third-order valence-corrected chi connectivity index (χ3v) is 5.06. The van der Waals surface area contributed by atoms with Crippen molar-refractivity contribution in [2.24, 2.45) is 0 Å². The van der Waals surface area contributed by atoms with Crippen LogP contribution in [-0.2, 0) is 6.54 Å². The number of thiophene rings is 1. The number of rotatable bonds is 5. The Bertz CT molecular complexity index is 532. The second kappa shape index (κ2) is 6.55. The van der Waals surface area contributed by atoms with E-state index in [-0.39, 0.29) is 0 Å². The third-order valence-electron chi connectivity index (χ3n) is 3.90. The molecule has 0 aliphatic heterocycles. The molecule has 0 saturated carbocycles. The average molecular weight is 287 g/mol. The summed E-state index contributed by atoms with van der Waals surface area (Å²) in [5.41, 5.74) is 4.17. The highest BCUT2D eigenvalue weighted by molar-refractivity contribution is 7.12. The van der Waals surface area contributed by atoms with Crippen molar-refractivity contribution in [2.45, 2.75) is 53.1 Å². The summed E-state index contributed by atoms with van der Waals surface area (Å²) in [5, 5.41) is 3.61. The van der Waals surface area contributed by atoms with Gasteiger partial charge in [0.1, 0.15) is 0 Å². The van der Waals surface area contributed by atoms with Crippen LogP contribution in [0.5, 0.6) is 0 Å². The maximum absolute atomic E-state index is 3.61. The monoisotopic (exact) mass is 287 g/mol. The summed E-state index contributed by atoms with van der Waals surface area (Å²) in [4.78, 5) is 2.85. The van der Waals surface area contributed by atoms with E-state index in [1.54, 1.807) is 0 Å². The van der Waals surface area contributed by atoms with Crippen LogP contribution in [0.3, 0.4) is 0 Å². The second-order valence-corrected chi connectivity index (χ2v) is 7.22. The summed E-state index contributed by atoms with van der Waals surface area (Å²) in [7, 11) is 0. The van der Waals surface area contributed by atoms with E-state index in [9.17, 15) is 0 Å². The fourth-order valence-corrected chi connectivity index (χ4v) is 3.28. The number of nitrogens with one attached hydrogen (secondary N) is 1. The highest BCUT2D eigenvalue weighted by atomic mass is 32.1. The van der Waals surface area contributed by atoms with Gasteiger partial charge in [-0.2, -0.15) is 0 Å². The van der Waals surface area contributed by atoms with Crippen molar-refractivity contribution in [3.05, 3.63) is 56.8 Å². The predicted molar refractivity (Wildman–Crippen MR) is 89.6 cm³/mol. The minimum Gasteiger partial charge on any atom is -0.305 e. The first-order chi connectivity index (χ1) is 9.47. The minimum atomic E-state index is 0.388. The molecule has 0 fully saturated rings. The summed E-state index contributed by atoms with van der Waals surface area (Å²) >= 11 is 1.90. The van der Waals surface area contributed by atoms with Gasteiger partial charge in [0.05, 0.1) is 0 Å². The Hall–Kier alpha value is -1.12. The molecule has 1 aromatic carbocycles. The molecule has 0 amide bonds. The number of hydrogen-bond donors (Lipinski definition) is 1. The second-order valence-electron chi connectivity index (χ2n) is 5.88. The van der Waals surface area contributed by atoms with Gasteiger partial charge in [-0.15, -0.1) is 11.3 Å². The lowest BCUT2D eigenvalue weighted by Crippen LogP contribution is -2.17. The lowest BCUT2D eigenvalue weighted by Gasteiger charge is -2.15. The predicted octanol–water partition coefficient (Wildman–Crippen LogP) is 5.34. The zero-order valence-corrected chi connectivity index (χ0v) is 14.0. The molecule has 0 aliphatic rings. The van der Waals surface area contributed by atoms with Gasteiger partial charge in [-0.3, -0.25) is 0 Å². The molecule has 1 atom stereocenters. The fourth-order valence-electron chi connectivity index (χ4n) is 2.28. The zero-order valence-electron chi connectivity index (χ0n) is 13.2. The van der Waals surface area contributed by atoms with Crippen LogP contribution in [0.25, 0.3) is 0 Å². The lowest BCUT2D eigenvalue weighted by molar-refractivity contribution is 0.578. The standard InChI is InChI=1S/C18H25NS/c1-12(2)16-6-8-17(9-7-16)14(4)19-11-18-10-13(3)15(5)20-18/h6-10,12,14,19H,11H2,1-5H3. The Kier molecular flexibility index (Phi) is 5.00. The molecule has 2 heteroatoms. The number of hydrogen-bond acceptors (Lipinski definition) is 2. The summed E-state index contributed by atoms with van der Waals surface area (Å²) < 4.78 is 0.